The minimum atomic E-state index is -0.236. The molecule has 1 aliphatic rings. The van der Waals surface area contributed by atoms with Gasteiger partial charge in [-0.1, -0.05) is 70.7 Å². The second kappa shape index (κ2) is 14.5. The van der Waals surface area contributed by atoms with E-state index in [0.717, 1.165) is 50.2 Å². The number of hydrogen-bond donors (Lipinski definition) is 1. The van der Waals surface area contributed by atoms with E-state index in [1.165, 1.54) is 0 Å². The third-order valence-corrected chi connectivity index (χ3v) is 7.76. The van der Waals surface area contributed by atoms with Crippen molar-refractivity contribution < 1.29 is 9.53 Å². The SMILES string of the molecule is Cl.O=C(NCC(CCN1CCC(Oc2ccccc2)CC1)c1ccc(Cl)c(Cl)c1)c1ccc(Cl)cc1Cl. The first-order valence-corrected chi connectivity index (χ1v) is 13.5. The predicted molar refractivity (Wildman–Crippen MR) is 156 cm³/mol. The van der Waals surface area contributed by atoms with Crippen LogP contribution in [0.2, 0.25) is 20.1 Å². The molecule has 0 bridgehead atoms. The van der Waals surface area contributed by atoms with Gasteiger partial charge in [-0.25, -0.2) is 0 Å². The van der Waals surface area contributed by atoms with E-state index < -0.39 is 0 Å². The van der Waals surface area contributed by atoms with Gasteiger partial charge in [0.1, 0.15) is 11.9 Å². The van der Waals surface area contributed by atoms with E-state index in [2.05, 4.69) is 10.2 Å². The van der Waals surface area contributed by atoms with Gasteiger partial charge in [0.2, 0.25) is 0 Å². The Bertz CT molecular complexity index is 1170. The minimum Gasteiger partial charge on any atom is -0.490 e. The third-order valence-electron chi connectivity index (χ3n) is 6.47. The Balaban J connectivity index is 0.00000380. The quantitative estimate of drug-likeness (QED) is 0.269. The molecule has 1 saturated heterocycles. The number of piperidine rings is 1. The number of nitrogens with one attached hydrogen (secondary N) is 1. The first-order chi connectivity index (χ1) is 17.4. The number of carbonyl (C=O) groups excluding carboxylic acids is 1. The standard InChI is InChI=1S/C28H28Cl4N2O2.ClH/c29-21-7-8-24(26(31)17-21)28(35)33-18-20(19-6-9-25(30)27(32)16-19)10-13-34-14-11-23(12-15-34)36-22-4-2-1-3-5-22;/h1-9,16-17,20,23H,10-15,18H2,(H,33,35);1H. The summed E-state index contributed by atoms with van der Waals surface area (Å²) < 4.78 is 6.13. The van der Waals surface area contributed by atoms with Crippen molar-refractivity contribution >= 4 is 64.7 Å². The van der Waals surface area contributed by atoms with E-state index in [0.29, 0.717) is 32.2 Å². The number of rotatable bonds is 9. The van der Waals surface area contributed by atoms with E-state index in [1.54, 1.807) is 24.3 Å². The monoisotopic (exact) mass is 600 g/mol. The van der Waals surface area contributed by atoms with Gasteiger partial charge in [-0.05, 0) is 73.8 Å². The molecule has 1 unspecified atom stereocenters. The highest BCUT2D eigenvalue weighted by Gasteiger charge is 2.23. The van der Waals surface area contributed by atoms with Gasteiger partial charge < -0.3 is 15.0 Å². The van der Waals surface area contributed by atoms with Crippen molar-refractivity contribution in [3.05, 3.63) is 97.9 Å². The molecule has 1 fully saturated rings. The van der Waals surface area contributed by atoms with Gasteiger partial charge in [0.05, 0.1) is 20.6 Å². The molecule has 3 aromatic rings. The summed E-state index contributed by atoms with van der Waals surface area (Å²) in [6, 6.07) is 20.5. The van der Waals surface area contributed by atoms with Gasteiger partial charge in [-0.3, -0.25) is 4.79 Å². The van der Waals surface area contributed by atoms with Crippen molar-refractivity contribution in [2.45, 2.75) is 31.3 Å². The maximum absolute atomic E-state index is 12.8. The highest BCUT2D eigenvalue weighted by molar-refractivity contribution is 6.42. The van der Waals surface area contributed by atoms with Gasteiger partial charge >= 0.3 is 0 Å². The first kappa shape index (κ1) is 29.9. The Morgan fingerprint density at radius 2 is 1.65 bits per heavy atom. The van der Waals surface area contributed by atoms with Gasteiger partial charge in [0, 0.05) is 30.6 Å². The second-order valence-electron chi connectivity index (χ2n) is 8.97. The second-order valence-corrected chi connectivity index (χ2v) is 10.6. The molecule has 9 heteroatoms. The van der Waals surface area contributed by atoms with Crippen LogP contribution in [0.4, 0.5) is 0 Å². The maximum Gasteiger partial charge on any atom is 0.252 e. The van der Waals surface area contributed by atoms with Crippen LogP contribution in [0.3, 0.4) is 0 Å². The molecule has 1 N–H and O–H groups in total. The smallest absolute Gasteiger partial charge is 0.252 e. The summed E-state index contributed by atoms with van der Waals surface area (Å²) in [6.45, 7) is 3.29. The predicted octanol–water partition coefficient (Wildman–Crippen LogP) is 8.17. The average Bonchev–Trinajstić information content (AvgIpc) is 2.87. The van der Waals surface area contributed by atoms with Crippen molar-refractivity contribution in [1.82, 2.24) is 10.2 Å². The zero-order valence-electron chi connectivity index (χ0n) is 20.1. The van der Waals surface area contributed by atoms with Crippen LogP contribution in [0.15, 0.2) is 66.7 Å². The molecule has 0 aliphatic carbocycles. The summed E-state index contributed by atoms with van der Waals surface area (Å²) >= 11 is 24.7. The van der Waals surface area contributed by atoms with Crippen molar-refractivity contribution in [2.24, 2.45) is 0 Å². The average molecular weight is 603 g/mol. The van der Waals surface area contributed by atoms with Gasteiger partial charge in [-0.15, -0.1) is 12.4 Å². The summed E-state index contributed by atoms with van der Waals surface area (Å²) in [7, 11) is 0. The molecule has 1 atom stereocenters. The number of carbonyl (C=O) groups is 1. The van der Waals surface area contributed by atoms with Crippen LogP contribution in [0.25, 0.3) is 0 Å². The van der Waals surface area contributed by atoms with Crippen molar-refractivity contribution in [2.75, 3.05) is 26.2 Å². The molecule has 4 nitrogen and oxygen atoms in total. The Morgan fingerprint density at radius 1 is 0.919 bits per heavy atom. The molecule has 3 aromatic carbocycles. The van der Waals surface area contributed by atoms with Crippen LogP contribution < -0.4 is 10.1 Å². The van der Waals surface area contributed by atoms with E-state index >= 15 is 0 Å². The van der Waals surface area contributed by atoms with Crippen LogP contribution in [-0.4, -0.2) is 43.1 Å². The highest BCUT2D eigenvalue weighted by Crippen LogP contribution is 2.29. The largest absolute Gasteiger partial charge is 0.490 e. The normalized spacial score (nSPS) is 15.0. The number of ether oxygens (including phenoxy) is 1. The van der Waals surface area contributed by atoms with Crippen LogP contribution in [0.5, 0.6) is 5.75 Å². The number of halogens is 5. The summed E-state index contributed by atoms with van der Waals surface area (Å²) in [4.78, 5) is 15.3. The van der Waals surface area contributed by atoms with Crippen molar-refractivity contribution in [1.29, 1.82) is 0 Å². The molecule has 1 amide bonds. The number of nitrogens with zero attached hydrogens (tertiary/aromatic N) is 1. The molecular formula is C28H29Cl5N2O2. The Morgan fingerprint density at radius 3 is 2.32 bits per heavy atom. The summed E-state index contributed by atoms with van der Waals surface area (Å²) in [6.07, 6.45) is 3.06. The molecule has 198 valence electrons. The Kier molecular flexibility index (Phi) is 11.7. The fourth-order valence-corrected chi connectivity index (χ4v) is 5.22. The lowest BCUT2D eigenvalue weighted by atomic mass is 9.94. The van der Waals surface area contributed by atoms with Crippen LogP contribution in [0.1, 0.15) is 41.1 Å². The summed E-state index contributed by atoms with van der Waals surface area (Å²) in [5.41, 5.74) is 1.43. The van der Waals surface area contributed by atoms with E-state index in [9.17, 15) is 4.79 Å². The molecule has 0 radical (unpaired) electrons. The van der Waals surface area contributed by atoms with Gasteiger partial charge in [-0.2, -0.15) is 0 Å². The Hall–Kier alpha value is -1.66. The van der Waals surface area contributed by atoms with Crippen molar-refractivity contribution in [3.8, 4) is 5.75 Å². The van der Waals surface area contributed by atoms with Crippen LogP contribution >= 0.6 is 58.8 Å². The number of amides is 1. The number of hydrogen-bond acceptors (Lipinski definition) is 3. The lowest BCUT2D eigenvalue weighted by Gasteiger charge is -2.33. The first-order valence-electron chi connectivity index (χ1n) is 12.0. The molecule has 4 rings (SSSR count). The molecule has 1 heterocycles. The minimum absolute atomic E-state index is 0. The summed E-state index contributed by atoms with van der Waals surface area (Å²) in [5.74, 6) is 0.751. The van der Waals surface area contributed by atoms with E-state index in [1.807, 2.05) is 42.5 Å². The molecule has 0 saturated carbocycles. The molecule has 37 heavy (non-hydrogen) atoms. The summed E-state index contributed by atoms with van der Waals surface area (Å²) in [5, 5.41) is 4.86. The van der Waals surface area contributed by atoms with Crippen LogP contribution in [0, 0.1) is 0 Å². The van der Waals surface area contributed by atoms with Crippen LogP contribution in [-0.2, 0) is 0 Å². The number of benzene rings is 3. The number of likely N-dealkylation sites (tertiary alicyclic amines) is 1. The highest BCUT2D eigenvalue weighted by atomic mass is 35.5. The third kappa shape index (κ3) is 8.68. The zero-order valence-corrected chi connectivity index (χ0v) is 24.0. The molecule has 1 aliphatic heterocycles. The lowest BCUT2D eigenvalue weighted by molar-refractivity contribution is 0.0936. The van der Waals surface area contributed by atoms with E-state index in [-0.39, 0.29) is 30.3 Å². The number of para-hydroxylation sites is 1. The topological polar surface area (TPSA) is 41.6 Å². The fraction of sp³-hybridized carbons (Fsp3) is 0.321. The van der Waals surface area contributed by atoms with E-state index in [4.69, 9.17) is 51.1 Å². The molecular weight excluding hydrogens is 574 g/mol. The maximum atomic E-state index is 12.8. The Labute approximate surface area is 244 Å². The fourth-order valence-electron chi connectivity index (χ4n) is 4.42. The zero-order chi connectivity index (χ0) is 25.5. The van der Waals surface area contributed by atoms with Crippen molar-refractivity contribution in [3.63, 3.8) is 0 Å². The lowest BCUT2D eigenvalue weighted by Crippen LogP contribution is -2.39. The van der Waals surface area contributed by atoms with Gasteiger partial charge in [0.25, 0.3) is 5.91 Å². The molecule has 0 aromatic heterocycles. The molecule has 0 spiro atoms. The van der Waals surface area contributed by atoms with Gasteiger partial charge in [0.15, 0.2) is 0 Å².